The average molecular weight is 196 g/mol. The zero-order valence-electron chi connectivity index (χ0n) is 10.0. The van der Waals surface area contributed by atoms with Crippen LogP contribution in [-0.4, -0.2) is 50.1 Å². The highest BCUT2D eigenvalue weighted by atomic mass is 15.2. The second-order valence-electron chi connectivity index (χ2n) is 3.70. The molecular weight excluding hydrogens is 172 g/mol. The van der Waals surface area contributed by atoms with Crippen LogP contribution in [0.4, 0.5) is 0 Å². The highest BCUT2D eigenvalue weighted by molar-refractivity contribution is 4.86. The van der Waals surface area contributed by atoms with Gasteiger partial charge in [-0.05, 0) is 27.9 Å². The molecule has 0 aromatic heterocycles. The second kappa shape index (κ2) is 8.97. The molecule has 0 heterocycles. The van der Waals surface area contributed by atoms with Crippen molar-refractivity contribution in [3.63, 3.8) is 0 Å². The van der Waals surface area contributed by atoms with E-state index in [1.54, 1.807) is 0 Å². The number of allylic oxidation sites excluding steroid dienone is 2. The van der Waals surface area contributed by atoms with Gasteiger partial charge in [0.25, 0.3) is 0 Å². The summed E-state index contributed by atoms with van der Waals surface area (Å²) in [5.41, 5.74) is 0. The van der Waals surface area contributed by atoms with Gasteiger partial charge in [-0.1, -0.05) is 24.3 Å². The van der Waals surface area contributed by atoms with E-state index in [4.69, 9.17) is 0 Å². The Balaban J connectivity index is 3.83. The molecule has 0 unspecified atom stereocenters. The Morgan fingerprint density at radius 3 is 1.71 bits per heavy atom. The van der Waals surface area contributed by atoms with Crippen molar-refractivity contribution in [2.75, 3.05) is 40.3 Å². The third-order valence-corrected chi connectivity index (χ3v) is 2.06. The molecule has 0 bridgehead atoms. The molecule has 0 spiro atoms. The Labute approximate surface area is 88.9 Å². The lowest BCUT2D eigenvalue weighted by Gasteiger charge is -2.21. The molecule has 0 amide bonds. The van der Waals surface area contributed by atoms with Crippen LogP contribution in [0.25, 0.3) is 0 Å². The van der Waals surface area contributed by atoms with Gasteiger partial charge >= 0.3 is 0 Å². The number of nitrogens with zero attached hydrogens (tertiary/aromatic N) is 2. The smallest absolute Gasteiger partial charge is 0.0166 e. The summed E-state index contributed by atoms with van der Waals surface area (Å²) in [7, 11) is 4.23. The summed E-state index contributed by atoms with van der Waals surface area (Å²) in [6.45, 7) is 8.49. The molecule has 0 aromatic carbocycles. The van der Waals surface area contributed by atoms with Gasteiger partial charge in [-0.25, -0.2) is 0 Å². The van der Waals surface area contributed by atoms with Crippen molar-refractivity contribution in [2.45, 2.75) is 13.8 Å². The van der Waals surface area contributed by atoms with E-state index in [2.05, 4.69) is 62.0 Å². The van der Waals surface area contributed by atoms with E-state index in [1.165, 1.54) is 0 Å². The molecule has 0 saturated carbocycles. The van der Waals surface area contributed by atoms with E-state index < -0.39 is 0 Å². The Hall–Kier alpha value is -0.600. The lowest BCUT2D eigenvalue weighted by molar-refractivity contribution is 0.281. The Bertz CT molecular complexity index is 157. The molecule has 0 aliphatic carbocycles. The van der Waals surface area contributed by atoms with Crippen LogP contribution in [-0.2, 0) is 0 Å². The fourth-order valence-electron chi connectivity index (χ4n) is 1.11. The topological polar surface area (TPSA) is 6.48 Å². The van der Waals surface area contributed by atoms with Crippen LogP contribution >= 0.6 is 0 Å². The van der Waals surface area contributed by atoms with Crippen molar-refractivity contribution in [3.05, 3.63) is 24.3 Å². The van der Waals surface area contributed by atoms with Crippen LogP contribution < -0.4 is 0 Å². The van der Waals surface area contributed by atoms with Gasteiger partial charge in [0.2, 0.25) is 0 Å². The molecule has 0 aliphatic heterocycles. The van der Waals surface area contributed by atoms with Crippen molar-refractivity contribution in [1.82, 2.24) is 9.80 Å². The maximum absolute atomic E-state index is 2.43. The lowest BCUT2D eigenvalue weighted by Crippen LogP contribution is -2.32. The summed E-state index contributed by atoms with van der Waals surface area (Å²) in [6, 6.07) is 0. The molecule has 14 heavy (non-hydrogen) atoms. The Kier molecular flexibility index (Phi) is 8.59. The van der Waals surface area contributed by atoms with E-state index in [-0.39, 0.29) is 0 Å². The standard InChI is InChI=1S/C12H24N2/c1-5-7-9-14(10-8-6-2)12-11-13(3)4/h5-8H,9-12H2,1-4H3/b7-5+,8-6+. The van der Waals surface area contributed by atoms with Crippen molar-refractivity contribution in [1.29, 1.82) is 0 Å². The van der Waals surface area contributed by atoms with Crippen molar-refractivity contribution < 1.29 is 0 Å². The quantitative estimate of drug-likeness (QED) is 0.575. The molecule has 0 radical (unpaired) electrons. The normalized spacial score (nSPS) is 12.7. The van der Waals surface area contributed by atoms with E-state index in [0.717, 1.165) is 26.2 Å². The van der Waals surface area contributed by atoms with Crippen LogP contribution in [0.5, 0.6) is 0 Å². The first kappa shape index (κ1) is 13.4. The zero-order chi connectivity index (χ0) is 10.8. The largest absolute Gasteiger partial charge is 0.308 e. The minimum atomic E-state index is 1.05. The molecule has 0 atom stereocenters. The highest BCUT2D eigenvalue weighted by Gasteiger charge is 2.00. The molecule has 2 heteroatoms. The predicted molar refractivity (Wildman–Crippen MR) is 64.6 cm³/mol. The fraction of sp³-hybridized carbons (Fsp3) is 0.667. The highest BCUT2D eigenvalue weighted by Crippen LogP contribution is 1.91. The maximum atomic E-state index is 2.43. The summed E-state index contributed by atoms with van der Waals surface area (Å²) < 4.78 is 0. The van der Waals surface area contributed by atoms with Crippen LogP contribution in [0.3, 0.4) is 0 Å². The molecule has 0 aromatic rings. The second-order valence-corrected chi connectivity index (χ2v) is 3.70. The molecular formula is C12H24N2. The number of rotatable bonds is 7. The van der Waals surface area contributed by atoms with Gasteiger partial charge in [-0.2, -0.15) is 0 Å². The Morgan fingerprint density at radius 2 is 1.36 bits per heavy atom. The van der Waals surface area contributed by atoms with Crippen LogP contribution in [0.15, 0.2) is 24.3 Å². The van der Waals surface area contributed by atoms with Gasteiger partial charge < -0.3 is 4.90 Å². The monoisotopic (exact) mass is 196 g/mol. The summed E-state index contributed by atoms with van der Waals surface area (Å²) in [5.74, 6) is 0. The van der Waals surface area contributed by atoms with Crippen LogP contribution in [0.2, 0.25) is 0 Å². The summed E-state index contributed by atoms with van der Waals surface area (Å²) in [5, 5.41) is 0. The number of hydrogen-bond acceptors (Lipinski definition) is 2. The van der Waals surface area contributed by atoms with Gasteiger partial charge in [0, 0.05) is 26.2 Å². The average Bonchev–Trinajstić information content (AvgIpc) is 2.16. The molecule has 2 nitrogen and oxygen atoms in total. The van der Waals surface area contributed by atoms with Crippen LogP contribution in [0.1, 0.15) is 13.8 Å². The molecule has 0 aliphatic rings. The van der Waals surface area contributed by atoms with Crippen molar-refractivity contribution >= 4 is 0 Å². The van der Waals surface area contributed by atoms with Crippen LogP contribution in [0, 0.1) is 0 Å². The van der Waals surface area contributed by atoms with Crippen molar-refractivity contribution in [2.24, 2.45) is 0 Å². The van der Waals surface area contributed by atoms with Gasteiger partial charge in [-0.3, -0.25) is 4.90 Å². The van der Waals surface area contributed by atoms with Gasteiger partial charge in [0.05, 0.1) is 0 Å². The lowest BCUT2D eigenvalue weighted by atomic mass is 10.4. The predicted octanol–water partition coefficient (Wildman–Crippen LogP) is 2.00. The zero-order valence-corrected chi connectivity index (χ0v) is 10.0. The van der Waals surface area contributed by atoms with E-state index in [9.17, 15) is 0 Å². The first-order valence-corrected chi connectivity index (χ1v) is 5.30. The Morgan fingerprint density at radius 1 is 0.857 bits per heavy atom. The molecule has 0 fully saturated rings. The van der Waals surface area contributed by atoms with Gasteiger partial charge in [0.1, 0.15) is 0 Å². The maximum Gasteiger partial charge on any atom is 0.0166 e. The first-order valence-electron chi connectivity index (χ1n) is 5.30. The van der Waals surface area contributed by atoms with Gasteiger partial charge in [0.15, 0.2) is 0 Å². The van der Waals surface area contributed by atoms with E-state index in [1.807, 2.05) is 0 Å². The van der Waals surface area contributed by atoms with E-state index >= 15 is 0 Å². The minimum absolute atomic E-state index is 1.05. The SMILES string of the molecule is C/C=C/CN(C/C=C/C)CCN(C)C. The third kappa shape index (κ3) is 8.02. The molecule has 0 N–H and O–H groups in total. The summed E-state index contributed by atoms with van der Waals surface area (Å²) in [4.78, 5) is 4.65. The number of likely N-dealkylation sites (N-methyl/N-ethyl adjacent to an activating group) is 1. The molecule has 0 saturated heterocycles. The summed E-state index contributed by atoms with van der Waals surface area (Å²) in [6.07, 6.45) is 8.63. The fourth-order valence-corrected chi connectivity index (χ4v) is 1.11. The van der Waals surface area contributed by atoms with E-state index in [0.29, 0.717) is 0 Å². The molecule has 82 valence electrons. The molecule has 0 rings (SSSR count). The number of hydrogen-bond donors (Lipinski definition) is 0. The summed E-state index contributed by atoms with van der Waals surface area (Å²) >= 11 is 0. The van der Waals surface area contributed by atoms with Gasteiger partial charge in [-0.15, -0.1) is 0 Å². The van der Waals surface area contributed by atoms with Crippen molar-refractivity contribution in [3.8, 4) is 0 Å². The minimum Gasteiger partial charge on any atom is -0.308 e. The first-order chi connectivity index (χ1) is 6.70. The third-order valence-electron chi connectivity index (χ3n) is 2.06.